The summed E-state index contributed by atoms with van der Waals surface area (Å²) < 4.78 is 0. The first kappa shape index (κ1) is 18.5. The normalized spacial score (nSPS) is 12.2. The Morgan fingerprint density at radius 1 is 1.17 bits per heavy atom. The lowest BCUT2D eigenvalue weighted by atomic mass is 9.97. The minimum absolute atomic E-state index is 0.0136. The van der Waals surface area contributed by atoms with E-state index in [2.05, 4.69) is 25.2 Å². The van der Waals surface area contributed by atoms with Gasteiger partial charge in [-0.1, -0.05) is 61.8 Å². The van der Waals surface area contributed by atoms with Crippen molar-refractivity contribution >= 4 is 23.2 Å². The zero-order chi connectivity index (χ0) is 17.5. The Morgan fingerprint density at radius 2 is 1.83 bits per heavy atom. The molecule has 0 saturated heterocycles. The molecule has 0 fully saturated rings. The molecule has 2 aromatic carbocycles. The molecule has 4 heteroatoms. The highest BCUT2D eigenvalue weighted by Crippen LogP contribution is 2.26. The largest absolute Gasteiger partial charge is 0.325 e. The quantitative estimate of drug-likeness (QED) is 0.772. The Bertz CT molecular complexity index is 687. The van der Waals surface area contributed by atoms with Crippen LogP contribution in [0.15, 0.2) is 48.5 Å². The first-order valence-corrected chi connectivity index (χ1v) is 8.69. The molecule has 2 aromatic rings. The van der Waals surface area contributed by atoms with Crippen LogP contribution in [0.1, 0.15) is 37.3 Å². The Balaban J connectivity index is 1.97. The fourth-order valence-corrected chi connectivity index (χ4v) is 2.86. The fourth-order valence-electron chi connectivity index (χ4n) is 2.67. The molecule has 0 bridgehead atoms. The number of likely N-dealkylation sites (N-methyl/N-ethyl adjacent to an activating group) is 1. The standard InChI is InChI=1S/C20H25ClN2O/c1-4-15(2)17-10-6-8-12-19(17)22-20(24)14-23(3)13-16-9-5-7-11-18(16)21/h5-12,15H,4,13-14H2,1-3H3,(H,22,24)/t15-/m1/s1. The van der Waals surface area contributed by atoms with Gasteiger partial charge in [0.05, 0.1) is 6.54 Å². The average Bonchev–Trinajstić information content (AvgIpc) is 2.56. The molecule has 3 nitrogen and oxygen atoms in total. The number of carbonyl (C=O) groups is 1. The maximum Gasteiger partial charge on any atom is 0.238 e. The third-order valence-electron chi connectivity index (χ3n) is 4.19. The highest BCUT2D eigenvalue weighted by atomic mass is 35.5. The van der Waals surface area contributed by atoms with E-state index in [0.717, 1.165) is 22.7 Å². The van der Waals surface area contributed by atoms with Crippen LogP contribution < -0.4 is 5.32 Å². The van der Waals surface area contributed by atoms with Crippen molar-refractivity contribution in [1.29, 1.82) is 0 Å². The molecule has 128 valence electrons. The number of anilines is 1. The van der Waals surface area contributed by atoms with E-state index in [0.29, 0.717) is 19.0 Å². The van der Waals surface area contributed by atoms with Gasteiger partial charge in [0.15, 0.2) is 0 Å². The average molecular weight is 345 g/mol. The summed E-state index contributed by atoms with van der Waals surface area (Å²) in [6, 6.07) is 15.7. The molecule has 0 aliphatic heterocycles. The Labute approximate surface area is 149 Å². The van der Waals surface area contributed by atoms with Gasteiger partial charge in [-0.25, -0.2) is 0 Å². The van der Waals surface area contributed by atoms with Crippen molar-refractivity contribution in [2.75, 3.05) is 18.9 Å². The van der Waals surface area contributed by atoms with Gasteiger partial charge < -0.3 is 5.32 Å². The van der Waals surface area contributed by atoms with Gasteiger partial charge in [-0.05, 0) is 42.6 Å². The van der Waals surface area contributed by atoms with E-state index in [4.69, 9.17) is 11.6 Å². The van der Waals surface area contributed by atoms with Crippen molar-refractivity contribution in [3.05, 3.63) is 64.7 Å². The fraction of sp³-hybridized carbons (Fsp3) is 0.350. The van der Waals surface area contributed by atoms with Crippen molar-refractivity contribution in [2.24, 2.45) is 0 Å². The van der Waals surface area contributed by atoms with E-state index in [-0.39, 0.29) is 5.91 Å². The van der Waals surface area contributed by atoms with Gasteiger partial charge in [-0.2, -0.15) is 0 Å². The maximum atomic E-state index is 12.4. The molecule has 0 aromatic heterocycles. The van der Waals surface area contributed by atoms with Crippen LogP contribution >= 0.6 is 11.6 Å². The molecule has 24 heavy (non-hydrogen) atoms. The lowest BCUT2D eigenvalue weighted by Gasteiger charge is -2.19. The van der Waals surface area contributed by atoms with Crippen LogP contribution in [-0.4, -0.2) is 24.4 Å². The summed E-state index contributed by atoms with van der Waals surface area (Å²) in [6.45, 7) is 5.29. The molecule has 2 rings (SSSR count). The molecule has 0 spiro atoms. The number of hydrogen-bond acceptors (Lipinski definition) is 2. The van der Waals surface area contributed by atoms with Gasteiger partial charge in [-0.15, -0.1) is 0 Å². The number of benzene rings is 2. The number of nitrogens with one attached hydrogen (secondary N) is 1. The molecule has 0 unspecified atom stereocenters. The topological polar surface area (TPSA) is 32.3 Å². The van der Waals surface area contributed by atoms with Crippen LogP contribution in [0.5, 0.6) is 0 Å². The van der Waals surface area contributed by atoms with E-state index >= 15 is 0 Å². The van der Waals surface area contributed by atoms with Gasteiger partial charge in [-0.3, -0.25) is 9.69 Å². The SMILES string of the molecule is CC[C@@H](C)c1ccccc1NC(=O)CN(C)Cc1ccccc1Cl. The first-order chi connectivity index (χ1) is 11.5. The van der Waals surface area contributed by atoms with Crippen LogP contribution in [-0.2, 0) is 11.3 Å². The lowest BCUT2D eigenvalue weighted by molar-refractivity contribution is -0.117. The number of rotatable bonds is 7. The van der Waals surface area contributed by atoms with E-state index in [1.165, 1.54) is 5.56 Å². The van der Waals surface area contributed by atoms with Crippen LogP contribution in [0.25, 0.3) is 0 Å². The van der Waals surface area contributed by atoms with Crippen molar-refractivity contribution in [1.82, 2.24) is 4.90 Å². The summed E-state index contributed by atoms with van der Waals surface area (Å²) in [7, 11) is 1.92. The van der Waals surface area contributed by atoms with Crippen molar-refractivity contribution < 1.29 is 4.79 Å². The first-order valence-electron chi connectivity index (χ1n) is 8.32. The number of carbonyl (C=O) groups excluding carboxylic acids is 1. The second-order valence-corrected chi connectivity index (χ2v) is 6.62. The summed E-state index contributed by atoms with van der Waals surface area (Å²) in [5.41, 5.74) is 3.11. The van der Waals surface area contributed by atoms with E-state index in [1.807, 2.05) is 54.4 Å². The second kappa shape index (κ2) is 8.86. The molecular weight excluding hydrogens is 320 g/mol. The van der Waals surface area contributed by atoms with Crippen LogP contribution in [0.3, 0.4) is 0 Å². The third-order valence-corrected chi connectivity index (χ3v) is 4.56. The number of nitrogens with zero attached hydrogens (tertiary/aromatic N) is 1. The summed E-state index contributed by atoms with van der Waals surface area (Å²) >= 11 is 6.18. The molecule has 0 radical (unpaired) electrons. The summed E-state index contributed by atoms with van der Waals surface area (Å²) in [6.07, 6.45) is 1.04. The number of halogens is 1. The minimum Gasteiger partial charge on any atom is -0.325 e. The smallest absolute Gasteiger partial charge is 0.238 e. The maximum absolute atomic E-state index is 12.4. The van der Waals surface area contributed by atoms with Gasteiger partial charge in [0, 0.05) is 17.3 Å². The zero-order valence-corrected chi connectivity index (χ0v) is 15.3. The zero-order valence-electron chi connectivity index (χ0n) is 14.6. The molecule has 0 heterocycles. The van der Waals surface area contributed by atoms with Gasteiger partial charge in [0.1, 0.15) is 0 Å². The van der Waals surface area contributed by atoms with E-state index < -0.39 is 0 Å². The molecule has 1 atom stereocenters. The molecule has 1 amide bonds. The monoisotopic (exact) mass is 344 g/mol. The number of hydrogen-bond donors (Lipinski definition) is 1. The summed E-state index contributed by atoms with van der Waals surface area (Å²) in [5, 5.41) is 3.77. The minimum atomic E-state index is -0.0136. The molecular formula is C20H25ClN2O. The van der Waals surface area contributed by atoms with Gasteiger partial charge in [0.2, 0.25) is 5.91 Å². The van der Waals surface area contributed by atoms with Crippen LogP contribution in [0, 0.1) is 0 Å². The predicted octanol–water partition coefficient (Wildman–Crippen LogP) is 4.92. The summed E-state index contributed by atoms with van der Waals surface area (Å²) in [4.78, 5) is 14.3. The molecule has 1 N–H and O–H groups in total. The van der Waals surface area contributed by atoms with Gasteiger partial charge >= 0.3 is 0 Å². The van der Waals surface area contributed by atoms with Gasteiger partial charge in [0.25, 0.3) is 0 Å². The van der Waals surface area contributed by atoms with Crippen LogP contribution in [0.4, 0.5) is 5.69 Å². The highest BCUT2D eigenvalue weighted by molar-refractivity contribution is 6.31. The van der Waals surface area contributed by atoms with E-state index in [1.54, 1.807) is 0 Å². The molecule has 0 saturated carbocycles. The number of para-hydroxylation sites is 1. The Hall–Kier alpha value is -1.84. The predicted molar refractivity (Wildman–Crippen MR) is 102 cm³/mol. The number of amides is 1. The lowest BCUT2D eigenvalue weighted by Crippen LogP contribution is -2.30. The van der Waals surface area contributed by atoms with Crippen LogP contribution in [0.2, 0.25) is 5.02 Å². The van der Waals surface area contributed by atoms with Crippen molar-refractivity contribution in [3.8, 4) is 0 Å². The summed E-state index contributed by atoms with van der Waals surface area (Å²) in [5.74, 6) is 0.405. The second-order valence-electron chi connectivity index (χ2n) is 6.21. The van der Waals surface area contributed by atoms with Crippen molar-refractivity contribution in [3.63, 3.8) is 0 Å². The molecule has 0 aliphatic carbocycles. The Kier molecular flexibility index (Phi) is 6.83. The Morgan fingerprint density at radius 3 is 2.54 bits per heavy atom. The molecule has 0 aliphatic rings. The highest BCUT2D eigenvalue weighted by Gasteiger charge is 2.13. The van der Waals surface area contributed by atoms with Crippen molar-refractivity contribution in [2.45, 2.75) is 32.7 Å². The van der Waals surface area contributed by atoms with E-state index in [9.17, 15) is 4.79 Å². The third kappa shape index (κ3) is 5.08.